The van der Waals surface area contributed by atoms with Gasteiger partial charge in [-0.15, -0.1) is 0 Å². The first-order valence-corrected chi connectivity index (χ1v) is 11.3. The number of piperidine rings is 1. The summed E-state index contributed by atoms with van der Waals surface area (Å²) in [6, 6.07) is 9.53. The van der Waals surface area contributed by atoms with Crippen molar-refractivity contribution in [2.75, 3.05) is 32.7 Å². The number of sulfonamides is 1. The minimum atomic E-state index is -3.19. The Hall–Kier alpha value is -0.910. The van der Waals surface area contributed by atoms with E-state index < -0.39 is 10.0 Å². The fraction of sp³-hybridized carbons (Fsp3) is 0.700. The van der Waals surface area contributed by atoms with Crippen LogP contribution in [-0.2, 0) is 15.8 Å². The van der Waals surface area contributed by atoms with Crippen molar-refractivity contribution in [1.82, 2.24) is 9.21 Å². The summed E-state index contributed by atoms with van der Waals surface area (Å²) in [4.78, 5) is 2.57. The fourth-order valence-corrected chi connectivity index (χ4v) is 5.99. The van der Waals surface area contributed by atoms with E-state index in [-0.39, 0.29) is 5.75 Å². The number of hydrogen-bond donors (Lipinski definition) is 0. The molecule has 2 heterocycles. The molecule has 4 nitrogen and oxygen atoms in total. The third-order valence-electron chi connectivity index (χ3n) is 5.69. The summed E-state index contributed by atoms with van der Waals surface area (Å²) >= 11 is 0. The van der Waals surface area contributed by atoms with Crippen LogP contribution in [0.2, 0.25) is 0 Å². The first-order chi connectivity index (χ1) is 11.9. The summed E-state index contributed by atoms with van der Waals surface area (Å²) in [5, 5.41) is 0. The lowest BCUT2D eigenvalue weighted by atomic mass is 9.83. The van der Waals surface area contributed by atoms with Crippen LogP contribution in [0.3, 0.4) is 0 Å². The molecule has 0 saturated carbocycles. The van der Waals surface area contributed by atoms with Crippen LogP contribution in [0.1, 0.15) is 38.7 Å². The van der Waals surface area contributed by atoms with Crippen LogP contribution in [0.15, 0.2) is 30.3 Å². The highest BCUT2D eigenvalue weighted by atomic mass is 32.2. The van der Waals surface area contributed by atoms with Crippen molar-refractivity contribution in [3.8, 4) is 0 Å². The molecule has 2 aliphatic heterocycles. The van der Waals surface area contributed by atoms with Crippen molar-refractivity contribution >= 4 is 10.0 Å². The molecule has 0 spiro atoms. The predicted molar refractivity (Wildman–Crippen MR) is 103 cm³/mol. The smallest absolute Gasteiger partial charge is 0.218 e. The van der Waals surface area contributed by atoms with Crippen LogP contribution >= 0.6 is 0 Å². The Balaban J connectivity index is 1.52. The Morgan fingerprint density at radius 1 is 1.00 bits per heavy atom. The first kappa shape index (κ1) is 18.9. The maximum absolute atomic E-state index is 12.7. The van der Waals surface area contributed by atoms with Gasteiger partial charge in [0.05, 0.1) is 5.75 Å². The van der Waals surface area contributed by atoms with E-state index in [1.165, 1.54) is 32.5 Å². The third-order valence-corrected chi connectivity index (χ3v) is 7.51. The minimum absolute atomic E-state index is 0.132. The van der Waals surface area contributed by atoms with Gasteiger partial charge in [0.15, 0.2) is 0 Å². The zero-order valence-electron chi connectivity index (χ0n) is 15.6. The number of likely N-dealkylation sites (tertiary alicyclic amines) is 1. The summed E-state index contributed by atoms with van der Waals surface area (Å²) in [5.74, 6) is 2.10. The molecule has 0 radical (unpaired) electrons. The van der Waals surface area contributed by atoms with E-state index in [4.69, 9.17) is 0 Å². The lowest BCUT2D eigenvalue weighted by Crippen LogP contribution is -2.39. The van der Waals surface area contributed by atoms with Crippen molar-refractivity contribution in [1.29, 1.82) is 0 Å². The van der Waals surface area contributed by atoms with Gasteiger partial charge in [-0.25, -0.2) is 12.7 Å². The highest BCUT2D eigenvalue weighted by Gasteiger charge is 2.36. The van der Waals surface area contributed by atoms with Crippen LogP contribution in [0.25, 0.3) is 0 Å². The second-order valence-electron chi connectivity index (χ2n) is 8.18. The highest BCUT2D eigenvalue weighted by molar-refractivity contribution is 7.88. The van der Waals surface area contributed by atoms with Crippen LogP contribution in [0, 0.1) is 17.8 Å². The molecular weight excluding hydrogens is 332 g/mol. The Kier molecular flexibility index (Phi) is 6.18. The van der Waals surface area contributed by atoms with Crippen molar-refractivity contribution < 1.29 is 8.42 Å². The molecule has 0 aromatic heterocycles. The van der Waals surface area contributed by atoms with Gasteiger partial charge < -0.3 is 4.90 Å². The molecule has 5 heteroatoms. The van der Waals surface area contributed by atoms with E-state index in [1.54, 1.807) is 4.31 Å². The van der Waals surface area contributed by atoms with Crippen LogP contribution in [0.5, 0.6) is 0 Å². The van der Waals surface area contributed by atoms with Gasteiger partial charge in [0.2, 0.25) is 10.0 Å². The Bertz CT molecular complexity index is 637. The maximum Gasteiger partial charge on any atom is 0.218 e. The van der Waals surface area contributed by atoms with Crippen LogP contribution in [-0.4, -0.2) is 50.3 Å². The topological polar surface area (TPSA) is 40.6 Å². The SMILES string of the molecule is CC(C)CN1CCC([C@@H]2CCN(S(=O)(=O)Cc3ccccc3)C2)CC1. The van der Waals surface area contributed by atoms with E-state index in [0.29, 0.717) is 18.4 Å². The molecule has 0 bridgehead atoms. The Labute approximate surface area is 153 Å². The van der Waals surface area contributed by atoms with Crippen LogP contribution in [0.4, 0.5) is 0 Å². The molecule has 2 fully saturated rings. The van der Waals surface area contributed by atoms with Gasteiger partial charge in [-0.3, -0.25) is 0 Å². The van der Waals surface area contributed by atoms with Crippen LogP contribution < -0.4 is 0 Å². The Morgan fingerprint density at radius 2 is 1.64 bits per heavy atom. The van der Waals surface area contributed by atoms with Gasteiger partial charge in [0, 0.05) is 19.6 Å². The predicted octanol–water partition coefficient (Wildman–Crippen LogP) is 3.21. The monoisotopic (exact) mass is 364 g/mol. The maximum atomic E-state index is 12.7. The number of benzene rings is 1. The van der Waals surface area contributed by atoms with E-state index in [2.05, 4.69) is 18.7 Å². The summed E-state index contributed by atoms with van der Waals surface area (Å²) in [6.45, 7) is 9.52. The average Bonchev–Trinajstić information content (AvgIpc) is 3.06. The largest absolute Gasteiger partial charge is 0.303 e. The van der Waals surface area contributed by atoms with Crippen molar-refractivity contribution in [2.24, 2.45) is 17.8 Å². The molecule has 2 saturated heterocycles. The third kappa shape index (κ3) is 5.05. The molecule has 1 aromatic rings. The molecule has 25 heavy (non-hydrogen) atoms. The molecule has 1 aromatic carbocycles. The second kappa shape index (κ2) is 8.19. The van der Waals surface area contributed by atoms with Crippen molar-refractivity contribution in [3.63, 3.8) is 0 Å². The summed E-state index contributed by atoms with van der Waals surface area (Å²) in [7, 11) is -3.19. The van der Waals surface area contributed by atoms with Gasteiger partial charge in [-0.05, 0) is 55.7 Å². The summed E-state index contributed by atoms with van der Waals surface area (Å²) in [6.07, 6.45) is 3.48. The average molecular weight is 365 g/mol. The van der Waals surface area contributed by atoms with Gasteiger partial charge >= 0.3 is 0 Å². The van der Waals surface area contributed by atoms with Gasteiger partial charge in [-0.1, -0.05) is 44.2 Å². The lowest BCUT2D eigenvalue weighted by Gasteiger charge is -2.35. The van der Waals surface area contributed by atoms with E-state index in [0.717, 1.165) is 24.4 Å². The summed E-state index contributed by atoms with van der Waals surface area (Å²) < 4.78 is 27.2. The van der Waals surface area contributed by atoms with Gasteiger partial charge in [-0.2, -0.15) is 0 Å². The zero-order chi connectivity index (χ0) is 17.9. The normalized spacial score (nSPS) is 24.2. The molecule has 0 amide bonds. The molecule has 140 valence electrons. The molecule has 2 aliphatic rings. The van der Waals surface area contributed by atoms with Crippen molar-refractivity contribution in [3.05, 3.63) is 35.9 Å². The molecule has 1 atom stereocenters. The molecule has 0 unspecified atom stereocenters. The first-order valence-electron chi connectivity index (χ1n) is 9.68. The Morgan fingerprint density at radius 3 is 2.28 bits per heavy atom. The highest BCUT2D eigenvalue weighted by Crippen LogP contribution is 2.33. The minimum Gasteiger partial charge on any atom is -0.303 e. The molecule has 3 rings (SSSR count). The van der Waals surface area contributed by atoms with Gasteiger partial charge in [0.25, 0.3) is 0 Å². The molecule has 0 aliphatic carbocycles. The lowest BCUT2D eigenvalue weighted by molar-refractivity contribution is 0.139. The fourth-order valence-electron chi connectivity index (χ4n) is 4.39. The van der Waals surface area contributed by atoms with E-state index in [1.807, 2.05) is 30.3 Å². The number of hydrogen-bond acceptors (Lipinski definition) is 3. The molecular formula is C20H32N2O2S. The molecule has 0 N–H and O–H groups in total. The standard InChI is InChI=1S/C20H32N2O2S/c1-17(2)14-21-11-8-19(9-12-21)20-10-13-22(15-20)25(23,24)16-18-6-4-3-5-7-18/h3-7,17,19-20H,8-16H2,1-2H3/t20-/m1/s1. The van der Waals surface area contributed by atoms with E-state index in [9.17, 15) is 8.42 Å². The van der Waals surface area contributed by atoms with E-state index >= 15 is 0 Å². The summed E-state index contributed by atoms with van der Waals surface area (Å²) in [5.41, 5.74) is 0.882. The zero-order valence-corrected chi connectivity index (χ0v) is 16.4. The second-order valence-corrected chi connectivity index (χ2v) is 10.1. The van der Waals surface area contributed by atoms with Crippen molar-refractivity contribution in [2.45, 2.75) is 38.9 Å². The number of rotatable bonds is 6. The number of nitrogens with zero attached hydrogens (tertiary/aromatic N) is 2. The quantitative estimate of drug-likeness (QED) is 0.778. The van der Waals surface area contributed by atoms with Gasteiger partial charge in [0.1, 0.15) is 0 Å².